The van der Waals surface area contributed by atoms with Crippen LogP contribution in [0.2, 0.25) is 0 Å². The number of benzene rings is 2. The van der Waals surface area contributed by atoms with Crippen LogP contribution in [0.3, 0.4) is 0 Å². The van der Waals surface area contributed by atoms with Crippen molar-refractivity contribution in [3.8, 4) is 0 Å². The number of carbonyl (C=O) groups is 1. The number of nitrogens with one attached hydrogen (secondary N) is 1. The van der Waals surface area contributed by atoms with E-state index >= 15 is 0 Å². The van der Waals surface area contributed by atoms with Gasteiger partial charge in [-0.3, -0.25) is 9.10 Å². The molecule has 5 nitrogen and oxygen atoms in total. The molecule has 0 heterocycles. The maximum atomic E-state index is 13.1. The zero-order valence-corrected chi connectivity index (χ0v) is 18.0. The summed E-state index contributed by atoms with van der Waals surface area (Å²) in [6.45, 7) is 4.93. The molecule has 0 radical (unpaired) electrons. The molecule has 0 spiro atoms. The van der Waals surface area contributed by atoms with E-state index in [0.29, 0.717) is 10.7 Å². The van der Waals surface area contributed by atoms with Crippen LogP contribution in [-0.2, 0) is 27.4 Å². The lowest BCUT2D eigenvalue weighted by Crippen LogP contribution is -2.54. The molecule has 1 unspecified atom stereocenters. The van der Waals surface area contributed by atoms with E-state index in [2.05, 4.69) is 5.32 Å². The number of nitrogens with zero attached hydrogens (tertiary/aromatic N) is 1. The Kier molecular flexibility index (Phi) is 6.86. The maximum Gasteiger partial charge on any atom is 0.416 e. The molecule has 0 fully saturated rings. The van der Waals surface area contributed by atoms with Crippen LogP contribution in [0.25, 0.3) is 0 Å². The van der Waals surface area contributed by atoms with Crippen LogP contribution in [0.15, 0.2) is 54.6 Å². The molecule has 1 N–H and O–H groups in total. The summed E-state index contributed by atoms with van der Waals surface area (Å²) in [6, 6.07) is 12.1. The number of hydrogen-bond acceptors (Lipinski definition) is 3. The molecule has 2 rings (SSSR count). The minimum atomic E-state index is -4.64. The van der Waals surface area contributed by atoms with Gasteiger partial charge in [0, 0.05) is 5.54 Å². The van der Waals surface area contributed by atoms with Crippen LogP contribution in [0.4, 0.5) is 18.9 Å². The molecule has 0 saturated carbocycles. The lowest BCUT2D eigenvalue weighted by molar-refractivity contribution is -0.137. The third-order valence-corrected chi connectivity index (χ3v) is 5.71. The number of rotatable bonds is 7. The predicted molar refractivity (Wildman–Crippen MR) is 111 cm³/mol. The van der Waals surface area contributed by atoms with Gasteiger partial charge in [-0.1, -0.05) is 36.4 Å². The summed E-state index contributed by atoms with van der Waals surface area (Å²) in [5.74, 6) is -0.612. The first-order valence-electron chi connectivity index (χ1n) is 9.23. The number of hydrogen-bond donors (Lipinski definition) is 1. The lowest BCUT2D eigenvalue weighted by Gasteiger charge is -2.33. The molecule has 9 heteroatoms. The molecule has 0 bridgehead atoms. The second-order valence-electron chi connectivity index (χ2n) is 7.82. The minimum Gasteiger partial charge on any atom is -0.349 e. The highest BCUT2D eigenvalue weighted by Crippen LogP contribution is 2.33. The molecule has 1 atom stereocenters. The van der Waals surface area contributed by atoms with Crippen LogP contribution >= 0.6 is 0 Å². The molecule has 2 aromatic carbocycles. The van der Waals surface area contributed by atoms with Crippen molar-refractivity contribution in [1.82, 2.24) is 5.32 Å². The molecule has 0 saturated heterocycles. The van der Waals surface area contributed by atoms with Gasteiger partial charge in [-0.25, -0.2) is 8.42 Å². The first kappa shape index (κ1) is 23.7. The van der Waals surface area contributed by atoms with Gasteiger partial charge in [0.1, 0.15) is 6.04 Å². The van der Waals surface area contributed by atoms with Crippen LogP contribution in [0.5, 0.6) is 0 Å². The van der Waals surface area contributed by atoms with Crippen molar-refractivity contribution < 1.29 is 26.4 Å². The van der Waals surface area contributed by atoms with Gasteiger partial charge in [0.05, 0.1) is 17.5 Å². The van der Waals surface area contributed by atoms with Crippen LogP contribution in [0, 0.1) is 0 Å². The molecule has 1 amide bonds. The fourth-order valence-corrected chi connectivity index (χ4v) is 4.38. The number of anilines is 1. The van der Waals surface area contributed by atoms with Crippen molar-refractivity contribution in [1.29, 1.82) is 0 Å². The Morgan fingerprint density at radius 3 is 2.20 bits per heavy atom. The Labute approximate surface area is 175 Å². The summed E-state index contributed by atoms with van der Waals surface area (Å²) in [7, 11) is -4.03. The second kappa shape index (κ2) is 8.67. The largest absolute Gasteiger partial charge is 0.416 e. The number of amides is 1. The van der Waals surface area contributed by atoms with Crippen molar-refractivity contribution in [2.24, 2.45) is 0 Å². The Morgan fingerprint density at radius 1 is 1.07 bits per heavy atom. The van der Waals surface area contributed by atoms with Gasteiger partial charge in [0.15, 0.2) is 0 Å². The molecule has 2 aromatic rings. The van der Waals surface area contributed by atoms with Gasteiger partial charge in [0.25, 0.3) is 0 Å². The standard InChI is InChI=1S/C21H25F3N2O3S/c1-15(19(27)25-20(2,3)14-16-9-6-5-7-10-16)26(30(4,28)29)18-12-8-11-17(13-18)21(22,23)24/h5-13,15H,14H2,1-4H3,(H,25,27). The third-order valence-electron chi connectivity index (χ3n) is 4.47. The van der Waals surface area contributed by atoms with Crippen LogP contribution in [0.1, 0.15) is 31.9 Å². The van der Waals surface area contributed by atoms with Gasteiger partial charge >= 0.3 is 6.18 Å². The highest BCUT2D eigenvalue weighted by molar-refractivity contribution is 7.92. The molecule has 0 aliphatic carbocycles. The molecular formula is C21H25F3N2O3S. The zero-order chi connectivity index (χ0) is 22.7. The van der Waals surface area contributed by atoms with Crippen molar-refractivity contribution in [2.45, 2.75) is 44.9 Å². The predicted octanol–water partition coefficient (Wildman–Crippen LogP) is 4.00. The van der Waals surface area contributed by atoms with Gasteiger partial charge in [-0.15, -0.1) is 0 Å². The van der Waals surface area contributed by atoms with Crippen molar-refractivity contribution in [3.63, 3.8) is 0 Å². The van der Waals surface area contributed by atoms with Crippen molar-refractivity contribution >= 4 is 21.6 Å². The van der Waals surface area contributed by atoms with E-state index in [1.807, 2.05) is 30.3 Å². The fraction of sp³-hybridized carbons (Fsp3) is 0.381. The average Bonchev–Trinajstić information content (AvgIpc) is 2.60. The second-order valence-corrected chi connectivity index (χ2v) is 9.68. The first-order chi connectivity index (χ1) is 13.7. The van der Waals surface area contributed by atoms with Crippen molar-refractivity contribution in [3.05, 3.63) is 65.7 Å². The first-order valence-corrected chi connectivity index (χ1v) is 11.1. The Balaban J connectivity index is 2.29. The number of carbonyl (C=O) groups excluding carboxylic acids is 1. The van der Waals surface area contributed by atoms with Crippen molar-refractivity contribution in [2.75, 3.05) is 10.6 Å². The fourth-order valence-electron chi connectivity index (χ4n) is 3.22. The number of sulfonamides is 1. The summed E-state index contributed by atoms with van der Waals surface area (Å²) in [6.07, 6.45) is -3.29. The normalized spacial score (nSPS) is 13.6. The topological polar surface area (TPSA) is 66.5 Å². The molecule has 0 aliphatic rings. The van der Waals surface area contributed by atoms with Gasteiger partial charge in [0.2, 0.25) is 15.9 Å². The third kappa shape index (κ3) is 6.22. The SMILES string of the molecule is CC(C(=O)NC(C)(C)Cc1ccccc1)N(c1cccc(C(F)(F)F)c1)S(C)(=O)=O. The molecule has 164 valence electrons. The highest BCUT2D eigenvalue weighted by atomic mass is 32.2. The van der Waals surface area contributed by atoms with Gasteiger partial charge in [-0.05, 0) is 51.0 Å². The van der Waals surface area contributed by atoms with Crippen LogP contribution in [-0.4, -0.2) is 32.2 Å². The molecule has 30 heavy (non-hydrogen) atoms. The van der Waals surface area contributed by atoms with Gasteiger partial charge in [-0.2, -0.15) is 13.2 Å². The summed E-state index contributed by atoms with van der Waals surface area (Å²) in [4.78, 5) is 12.9. The van der Waals surface area contributed by atoms with E-state index in [4.69, 9.17) is 0 Å². The maximum absolute atomic E-state index is 13.1. The van der Waals surface area contributed by atoms with Crippen LogP contribution < -0.4 is 9.62 Å². The van der Waals surface area contributed by atoms with E-state index < -0.39 is 39.3 Å². The molecule has 0 aliphatic heterocycles. The smallest absolute Gasteiger partial charge is 0.349 e. The summed E-state index contributed by atoms with van der Waals surface area (Å²) in [5.41, 5.74) is -0.946. The highest BCUT2D eigenvalue weighted by Gasteiger charge is 2.35. The van der Waals surface area contributed by atoms with E-state index in [0.717, 1.165) is 30.0 Å². The summed E-state index contributed by atoms with van der Waals surface area (Å²) < 4.78 is 64.6. The van der Waals surface area contributed by atoms with E-state index in [1.165, 1.54) is 13.0 Å². The molecule has 0 aromatic heterocycles. The molecular weight excluding hydrogens is 417 g/mol. The Hall–Kier alpha value is -2.55. The van der Waals surface area contributed by atoms with E-state index in [1.54, 1.807) is 13.8 Å². The number of halogens is 3. The number of alkyl halides is 3. The minimum absolute atomic E-state index is 0.226. The zero-order valence-electron chi connectivity index (χ0n) is 17.2. The summed E-state index contributed by atoms with van der Waals surface area (Å²) in [5, 5.41) is 2.80. The van der Waals surface area contributed by atoms with E-state index in [-0.39, 0.29) is 5.69 Å². The Morgan fingerprint density at radius 2 is 1.67 bits per heavy atom. The van der Waals surface area contributed by atoms with Gasteiger partial charge < -0.3 is 5.32 Å². The monoisotopic (exact) mass is 442 g/mol. The quantitative estimate of drug-likeness (QED) is 0.705. The lowest BCUT2D eigenvalue weighted by atomic mass is 9.94. The summed E-state index contributed by atoms with van der Waals surface area (Å²) >= 11 is 0. The van der Waals surface area contributed by atoms with E-state index in [9.17, 15) is 26.4 Å². The Bertz CT molecular complexity index is 990. The average molecular weight is 443 g/mol.